The van der Waals surface area contributed by atoms with Gasteiger partial charge in [-0.05, 0) is 44.9 Å². The van der Waals surface area contributed by atoms with E-state index in [4.69, 9.17) is 5.10 Å². The molecule has 8 heteroatoms. The fourth-order valence-corrected chi connectivity index (χ4v) is 4.87. The average molecular weight is 472 g/mol. The van der Waals surface area contributed by atoms with E-state index >= 15 is 0 Å². The van der Waals surface area contributed by atoms with Gasteiger partial charge in [-0.2, -0.15) is 10.2 Å². The lowest BCUT2D eigenvalue weighted by molar-refractivity contribution is -0.133. The van der Waals surface area contributed by atoms with Crippen LogP contribution >= 0.6 is 0 Å². The summed E-state index contributed by atoms with van der Waals surface area (Å²) in [4.78, 5) is 22.1. The molecule has 1 saturated heterocycles. The molecule has 0 aliphatic carbocycles. The third kappa shape index (κ3) is 4.71. The molecule has 8 nitrogen and oxygen atoms in total. The van der Waals surface area contributed by atoms with Gasteiger partial charge in [0, 0.05) is 62.6 Å². The molecule has 5 rings (SSSR count). The quantitative estimate of drug-likeness (QED) is 0.430. The van der Waals surface area contributed by atoms with Crippen molar-refractivity contribution in [1.82, 2.24) is 34.3 Å². The molecule has 1 aliphatic rings. The van der Waals surface area contributed by atoms with Gasteiger partial charge in [-0.1, -0.05) is 29.8 Å². The number of carbonyl (C=O) groups excluding carboxylic acids is 1. The van der Waals surface area contributed by atoms with E-state index in [1.165, 1.54) is 11.1 Å². The van der Waals surface area contributed by atoms with Crippen LogP contribution in [-0.2, 0) is 24.4 Å². The van der Waals surface area contributed by atoms with E-state index in [-0.39, 0.29) is 12.5 Å². The Bertz CT molecular complexity index is 1340. The van der Waals surface area contributed by atoms with E-state index in [0.29, 0.717) is 0 Å². The molecule has 0 N–H and O–H groups in total. The Hall–Kier alpha value is -3.52. The summed E-state index contributed by atoms with van der Waals surface area (Å²) in [5.41, 5.74) is 7.46. The smallest absolute Gasteiger partial charge is 0.244 e. The molecule has 4 aromatic rings. The van der Waals surface area contributed by atoms with E-state index in [2.05, 4.69) is 66.2 Å². The van der Waals surface area contributed by atoms with E-state index in [1.807, 2.05) is 22.6 Å². The minimum absolute atomic E-state index is 0.0894. The second kappa shape index (κ2) is 9.62. The molecule has 0 saturated carbocycles. The van der Waals surface area contributed by atoms with Crippen molar-refractivity contribution in [1.29, 1.82) is 0 Å². The topological polar surface area (TPSA) is 72.1 Å². The highest BCUT2D eigenvalue weighted by Gasteiger charge is 2.24. The van der Waals surface area contributed by atoms with Crippen LogP contribution in [0.2, 0.25) is 0 Å². The lowest BCUT2D eigenvalue weighted by Gasteiger charge is -2.34. The Kier molecular flexibility index (Phi) is 6.38. The van der Waals surface area contributed by atoms with Gasteiger partial charge in [-0.3, -0.25) is 14.4 Å². The molecule has 182 valence electrons. The fraction of sp³-hybridized carbons (Fsp3) is 0.407. The second-order valence-electron chi connectivity index (χ2n) is 9.42. The van der Waals surface area contributed by atoms with Crippen LogP contribution in [0.4, 0.5) is 0 Å². The van der Waals surface area contributed by atoms with Gasteiger partial charge in [0.1, 0.15) is 6.54 Å². The van der Waals surface area contributed by atoms with Crippen LogP contribution in [0.3, 0.4) is 0 Å². The van der Waals surface area contributed by atoms with Crippen molar-refractivity contribution in [2.45, 2.75) is 47.3 Å². The summed E-state index contributed by atoms with van der Waals surface area (Å²) in [6.45, 7) is 13.4. The number of piperazine rings is 1. The number of fused-ring (bicyclic) bond motifs is 1. The molecule has 1 aliphatic heterocycles. The third-order valence-electron chi connectivity index (χ3n) is 6.95. The molecule has 1 aromatic carbocycles. The fourth-order valence-electron chi connectivity index (χ4n) is 4.87. The van der Waals surface area contributed by atoms with Crippen LogP contribution < -0.4 is 0 Å². The van der Waals surface area contributed by atoms with E-state index in [9.17, 15) is 4.79 Å². The van der Waals surface area contributed by atoms with Crippen molar-refractivity contribution in [3.63, 3.8) is 0 Å². The molecule has 3 aromatic heterocycles. The molecule has 1 fully saturated rings. The zero-order valence-electron chi connectivity index (χ0n) is 21.0. The Morgan fingerprint density at radius 2 is 1.69 bits per heavy atom. The summed E-state index contributed by atoms with van der Waals surface area (Å²) in [6.07, 6.45) is 3.94. The molecular weight excluding hydrogens is 438 g/mol. The lowest BCUT2D eigenvalue weighted by atomic mass is 10.0. The van der Waals surface area contributed by atoms with Gasteiger partial charge >= 0.3 is 0 Å². The molecule has 4 heterocycles. The van der Waals surface area contributed by atoms with Crippen LogP contribution in [0, 0.1) is 20.8 Å². The molecule has 0 spiro atoms. The Morgan fingerprint density at radius 1 is 0.943 bits per heavy atom. The maximum Gasteiger partial charge on any atom is 0.244 e. The van der Waals surface area contributed by atoms with Gasteiger partial charge in [0.2, 0.25) is 5.91 Å². The number of hydrogen-bond donors (Lipinski definition) is 0. The van der Waals surface area contributed by atoms with E-state index in [1.54, 1.807) is 10.9 Å². The number of pyridine rings is 1. The van der Waals surface area contributed by atoms with Crippen LogP contribution in [0.15, 0.2) is 42.7 Å². The minimum Gasteiger partial charge on any atom is -0.339 e. The number of aryl methyl sites for hydroxylation is 4. The van der Waals surface area contributed by atoms with E-state index < -0.39 is 0 Å². The van der Waals surface area contributed by atoms with Crippen LogP contribution in [0.25, 0.3) is 22.2 Å². The number of carbonyl (C=O) groups is 1. The van der Waals surface area contributed by atoms with Crippen molar-refractivity contribution in [2.24, 2.45) is 0 Å². The Labute approximate surface area is 206 Å². The van der Waals surface area contributed by atoms with Crippen LogP contribution in [-0.4, -0.2) is 66.4 Å². The highest BCUT2D eigenvalue weighted by molar-refractivity contribution is 5.95. The highest BCUT2D eigenvalue weighted by Crippen LogP contribution is 2.30. The number of hydrogen-bond acceptors (Lipinski definition) is 5. The first kappa shape index (κ1) is 23.2. The second-order valence-corrected chi connectivity index (χ2v) is 9.42. The highest BCUT2D eigenvalue weighted by atomic mass is 16.2. The van der Waals surface area contributed by atoms with Crippen LogP contribution in [0.5, 0.6) is 0 Å². The predicted molar refractivity (Wildman–Crippen MR) is 137 cm³/mol. The summed E-state index contributed by atoms with van der Waals surface area (Å²) < 4.78 is 3.75. The summed E-state index contributed by atoms with van der Waals surface area (Å²) >= 11 is 0. The SMILES string of the molecule is CCn1cc(CN2CCN(C(=O)Cn3nc(C)c4c(-c5ccc(C)cc5)ccnc43)CC2)c(C)n1. The molecule has 0 bridgehead atoms. The van der Waals surface area contributed by atoms with Crippen molar-refractivity contribution in [3.05, 3.63) is 65.2 Å². The van der Waals surface area contributed by atoms with Gasteiger partial charge in [0.25, 0.3) is 0 Å². The molecule has 0 unspecified atom stereocenters. The zero-order valence-corrected chi connectivity index (χ0v) is 21.0. The third-order valence-corrected chi connectivity index (χ3v) is 6.95. The first-order valence-corrected chi connectivity index (χ1v) is 12.3. The average Bonchev–Trinajstić information content (AvgIpc) is 3.38. The van der Waals surface area contributed by atoms with Gasteiger partial charge in [-0.15, -0.1) is 0 Å². The summed E-state index contributed by atoms with van der Waals surface area (Å²) in [5.74, 6) is 0.0894. The predicted octanol–water partition coefficient (Wildman–Crippen LogP) is 3.58. The van der Waals surface area contributed by atoms with E-state index in [0.717, 1.165) is 72.8 Å². The normalized spacial score (nSPS) is 14.7. The van der Waals surface area contributed by atoms with Crippen molar-refractivity contribution in [2.75, 3.05) is 26.2 Å². The Morgan fingerprint density at radius 3 is 2.37 bits per heavy atom. The van der Waals surface area contributed by atoms with Crippen molar-refractivity contribution >= 4 is 16.9 Å². The number of benzene rings is 1. The molecule has 0 radical (unpaired) electrons. The van der Waals surface area contributed by atoms with Crippen molar-refractivity contribution in [3.8, 4) is 11.1 Å². The maximum absolute atomic E-state index is 13.2. The number of aromatic nitrogens is 5. The first-order chi connectivity index (χ1) is 16.9. The standard InChI is InChI=1S/C27H33N7O/c1-5-33-17-23(20(3)29-33)16-31-12-14-32(15-13-31)25(35)18-34-27-26(21(4)30-34)24(10-11-28-27)22-8-6-19(2)7-9-22/h6-11,17H,5,12-16,18H2,1-4H3. The summed E-state index contributed by atoms with van der Waals surface area (Å²) in [7, 11) is 0. The largest absolute Gasteiger partial charge is 0.339 e. The number of rotatable bonds is 6. The molecule has 0 atom stereocenters. The lowest BCUT2D eigenvalue weighted by Crippen LogP contribution is -2.49. The first-order valence-electron chi connectivity index (χ1n) is 12.3. The molecule has 1 amide bonds. The summed E-state index contributed by atoms with van der Waals surface area (Å²) in [6, 6.07) is 10.5. The number of nitrogens with zero attached hydrogens (tertiary/aromatic N) is 7. The summed E-state index contributed by atoms with van der Waals surface area (Å²) in [5, 5.41) is 10.3. The van der Waals surface area contributed by atoms with Gasteiger partial charge in [0.15, 0.2) is 5.65 Å². The number of amides is 1. The molecule has 35 heavy (non-hydrogen) atoms. The molecular formula is C27H33N7O. The van der Waals surface area contributed by atoms with Crippen molar-refractivity contribution < 1.29 is 4.79 Å². The minimum atomic E-state index is 0.0894. The van der Waals surface area contributed by atoms with Gasteiger partial charge < -0.3 is 4.90 Å². The zero-order chi connectivity index (χ0) is 24.5. The van der Waals surface area contributed by atoms with Crippen LogP contribution in [0.1, 0.15) is 29.4 Å². The monoisotopic (exact) mass is 471 g/mol. The maximum atomic E-state index is 13.2. The van der Waals surface area contributed by atoms with Gasteiger partial charge in [-0.25, -0.2) is 9.67 Å². The Balaban J connectivity index is 1.27. The van der Waals surface area contributed by atoms with Gasteiger partial charge in [0.05, 0.1) is 11.4 Å².